The first-order valence-electron chi connectivity index (χ1n) is 6.78. The highest BCUT2D eigenvalue weighted by atomic mass is 32.2. The zero-order valence-corrected chi connectivity index (χ0v) is 12.8. The van der Waals surface area contributed by atoms with E-state index < -0.39 is 9.84 Å². The van der Waals surface area contributed by atoms with Crippen LogP contribution < -0.4 is 0 Å². The molecule has 1 aliphatic rings. The van der Waals surface area contributed by atoms with Crippen LogP contribution in [0.4, 0.5) is 0 Å². The van der Waals surface area contributed by atoms with Gasteiger partial charge in [0.15, 0.2) is 0 Å². The highest BCUT2D eigenvalue weighted by Crippen LogP contribution is 2.19. The number of aryl methyl sites for hydroxylation is 2. The molecule has 6 heteroatoms. The van der Waals surface area contributed by atoms with E-state index in [1.807, 2.05) is 11.6 Å². The zero-order chi connectivity index (χ0) is 14.0. The van der Waals surface area contributed by atoms with Crippen LogP contribution in [0, 0.1) is 13.8 Å². The molecule has 108 valence electrons. The third kappa shape index (κ3) is 4.04. The van der Waals surface area contributed by atoms with E-state index in [2.05, 4.69) is 23.0 Å². The first-order valence-corrected chi connectivity index (χ1v) is 8.84. The van der Waals surface area contributed by atoms with Crippen LogP contribution in [0.25, 0.3) is 0 Å². The zero-order valence-electron chi connectivity index (χ0n) is 12.0. The van der Waals surface area contributed by atoms with Crippen molar-refractivity contribution in [3.63, 3.8) is 0 Å². The Morgan fingerprint density at radius 3 is 2.74 bits per heavy atom. The third-order valence-corrected chi connectivity index (χ3v) is 4.66. The van der Waals surface area contributed by atoms with Crippen LogP contribution in [0.2, 0.25) is 0 Å². The van der Waals surface area contributed by atoms with Gasteiger partial charge in [0, 0.05) is 24.5 Å². The summed E-state index contributed by atoms with van der Waals surface area (Å²) in [4.78, 5) is 2.29. The number of nitrogens with zero attached hydrogens (tertiary/aromatic N) is 3. The SMILES string of the molecule is Cc1cc(C)n(C[C@@H]2CCCN2CCS(C)(=O)=O)n1. The fraction of sp³-hybridized carbons (Fsp3) is 0.769. The molecule has 0 amide bonds. The van der Waals surface area contributed by atoms with Crippen molar-refractivity contribution in [3.05, 3.63) is 17.5 Å². The molecule has 0 unspecified atom stereocenters. The van der Waals surface area contributed by atoms with Gasteiger partial charge in [0.2, 0.25) is 0 Å². The first-order chi connectivity index (χ1) is 8.85. The Kier molecular flexibility index (Phi) is 4.30. The fourth-order valence-corrected chi connectivity index (χ4v) is 3.30. The second-order valence-corrected chi connectivity index (χ2v) is 7.83. The van der Waals surface area contributed by atoms with Crippen molar-refractivity contribution in [2.75, 3.05) is 25.1 Å². The molecule has 0 N–H and O–H groups in total. The molecule has 1 aromatic heterocycles. The van der Waals surface area contributed by atoms with Gasteiger partial charge in [-0.3, -0.25) is 9.58 Å². The molecule has 0 radical (unpaired) electrons. The molecule has 0 bridgehead atoms. The summed E-state index contributed by atoms with van der Waals surface area (Å²) in [5.41, 5.74) is 2.21. The van der Waals surface area contributed by atoms with E-state index in [0.29, 0.717) is 12.6 Å². The van der Waals surface area contributed by atoms with Gasteiger partial charge in [0.25, 0.3) is 0 Å². The maximum absolute atomic E-state index is 11.3. The molecular formula is C13H23N3O2S. The van der Waals surface area contributed by atoms with Crippen molar-refractivity contribution >= 4 is 9.84 Å². The summed E-state index contributed by atoms with van der Waals surface area (Å²) in [6.07, 6.45) is 3.58. The van der Waals surface area contributed by atoms with E-state index >= 15 is 0 Å². The molecular weight excluding hydrogens is 262 g/mol. The number of hydrogen-bond acceptors (Lipinski definition) is 4. The minimum Gasteiger partial charge on any atom is -0.298 e. The molecule has 2 heterocycles. The van der Waals surface area contributed by atoms with E-state index in [1.165, 1.54) is 11.9 Å². The molecule has 1 aromatic rings. The van der Waals surface area contributed by atoms with E-state index in [1.54, 1.807) is 0 Å². The largest absolute Gasteiger partial charge is 0.298 e. The van der Waals surface area contributed by atoms with E-state index in [0.717, 1.165) is 31.6 Å². The predicted octanol–water partition coefficient (Wildman–Crippen LogP) is 1.01. The Balaban J connectivity index is 1.97. The van der Waals surface area contributed by atoms with Gasteiger partial charge < -0.3 is 0 Å². The topological polar surface area (TPSA) is 55.2 Å². The van der Waals surface area contributed by atoms with Crippen molar-refractivity contribution < 1.29 is 8.42 Å². The monoisotopic (exact) mass is 285 g/mol. The minimum absolute atomic E-state index is 0.251. The predicted molar refractivity (Wildman–Crippen MR) is 76.0 cm³/mol. The standard InChI is InChI=1S/C13H23N3O2S/c1-11-9-12(2)16(14-11)10-13-5-4-6-15(13)7-8-19(3,17)18/h9,13H,4-8,10H2,1-3H3/t13-/m0/s1. The Morgan fingerprint density at radius 1 is 1.42 bits per heavy atom. The summed E-state index contributed by atoms with van der Waals surface area (Å²) in [5.74, 6) is 0.251. The van der Waals surface area contributed by atoms with Crippen molar-refractivity contribution in [2.24, 2.45) is 0 Å². The summed E-state index contributed by atoms with van der Waals surface area (Å²) >= 11 is 0. The van der Waals surface area contributed by atoms with Crippen LogP contribution in [0.15, 0.2) is 6.07 Å². The quantitative estimate of drug-likeness (QED) is 0.810. The molecule has 0 aliphatic carbocycles. The van der Waals surface area contributed by atoms with Crippen LogP contribution in [0.5, 0.6) is 0 Å². The number of sulfone groups is 1. The van der Waals surface area contributed by atoms with E-state index in [9.17, 15) is 8.42 Å². The summed E-state index contributed by atoms with van der Waals surface area (Å²) in [5, 5.41) is 4.49. The highest BCUT2D eigenvalue weighted by molar-refractivity contribution is 7.90. The smallest absolute Gasteiger partial charge is 0.148 e. The Bertz CT molecular complexity index is 536. The highest BCUT2D eigenvalue weighted by Gasteiger charge is 2.26. The van der Waals surface area contributed by atoms with Crippen molar-refractivity contribution in [2.45, 2.75) is 39.3 Å². The molecule has 1 aliphatic heterocycles. The first kappa shape index (κ1) is 14.5. The molecule has 0 saturated carbocycles. The fourth-order valence-electron chi connectivity index (χ4n) is 2.74. The molecule has 1 saturated heterocycles. The lowest BCUT2D eigenvalue weighted by Crippen LogP contribution is -2.36. The van der Waals surface area contributed by atoms with E-state index in [4.69, 9.17) is 0 Å². The Morgan fingerprint density at radius 2 is 2.16 bits per heavy atom. The van der Waals surface area contributed by atoms with Crippen molar-refractivity contribution in [1.29, 1.82) is 0 Å². The Labute approximate surface area is 115 Å². The van der Waals surface area contributed by atoms with Crippen LogP contribution in [-0.4, -0.2) is 54.2 Å². The molecule has 19 heavy (non-hydrogen) atoms. The normalized spacial score (nSPS) is 21.1. The van der Waals surface area contributed by atoms with Gasteiger partial charge in [-0.15, -0.1) is 0 Å². The molecule has 2 rings (SSSR count). The molecule has 5 nitrogen and oxygen atoms in total. The molecule has 1 fully saturated rings. The third-order valence-electron chi connectivity index (χ3n) is 3.74. The van der Waals surface area contributed by atoms with Gasteiger partial charge in [-0.2, -0.15) is 5.10 Å². The maximum atomic E-state index is 11.3. The molecule has 0 aromatic carbocycles. The summed E-state index contributed by atoms with van der Waals surface area (Å²) in [6.45, 7) is 6.57. The van der Waals surface area contributed by atoms with Gasteiger partial charge in [-0.05, 0) is 39.3 Å². The van der Waals surface area contributed by atoms with Crippen LogP contribution >= 0.6 is 0 Å². The van der Waals surface area contributed by atoms with Crippen molar-refractivity contribution in [1.82, 2.24) is 14.7 Å². The van der Waals surface area contributed by atoms with Crippen LogP contribution in [0.3, 0.4) is 0 Å². The summed E-state index contributed by atoms with van der Waals surface area (Å²) in [6, 6.07) is 2.50. The van der Waals surface area contributed by atoms with Crippen LogP contribution in [-0.2, 0) is 16.4 Å². The number of likely N-dealkylation sites (tertiary alicyclic amines) is 1. The van der Waals surface area contributed by atoms with Gasteiger partial charge in [-0.1, -0.05) is 0 Å². The van der Waals surface area contributed by atoms with Gasteiger partial charge in [0.05, 0.1) is 18.0 Å². The van der Waals surface area contributed by atoms with Crippen LogP contribution in [0.1, 0.15) is 24.2 Å². The molecule has 1 atom stereocenters. The second kappa shape index (κ2) is 5.63. The van der Waals surface area contributed by atoms with Gasteiger partial charge >= 0.3 is 0 Å². The van der Waals surface area contributed by atoms with Crippen molar-refractivity contribution in [3.8, 4) is 0 Å². The summed E-state index contributed by atoms with van der Waals surface area (Å²) < 4.78 is 24.6. The second-order valence-electron chi connectivity index (χ2n) is 5.57. The lowest BCUT2D eigenvalue weighted by molar-refractivity contribution is 0.238. The lowest BCUT2D eigenvalue weighted by atomic mass is 10.2. The lowest BCUT2D eigenvalue weighted by Gasteiger charge is -2.24. The Hall–Kier alpha value is -0.880. The summed E-state index contributed by atoms with van der Waals surface area (Å²) in [7, 11) is -2.88. The average Bonchev–Trinajstić information content (AvgIpc) is 2.83. The number of aromatic nitrogens is 2. The number of hydrogen-bond donors (Lipinski definition) is 0. The van der Waals surface area contributed by atoms with Gasteiger partial charge in [-0.25, -0.2) is 8.42 Å². The van der Waals surface area contributed by atoms with Gasteiger partial charge in [0.1, 0.15) is 9.84 Å². The minimum atomic E-state index is -2.88. The average molecular weight is 285 g/mol. The maximum Gasteiger partial charge on any atom is 0.148 e. The van der Waals surface area contributed by atoms with E-state index in [-0.39, 0.29) is 5.75 Å². The number of rotatable bonds is 5. The molecule has 0 spiro atoms.